The molecule has 0 rings (SSSR count). The predicted octanol–water partition coefficient (Wildman–Crippen LogP) is -1.24. The summed E-state index contributed by atoms with van der Waals surface area (Å²) in [6, 6.07) is 0. The van der Waals surface area contributed by atoms with Crippen LogP contribution >= 0.6 is 0 Å². The summed E-state index contributed by atoms with van der Waals surface area (Å²) in [4.78, 5) is 0. The third kappa shape index (κ3) is 4.69. The van der Waals surface area contributed by atoms with E-state index in [9.17, 15) is 0 Å². The fraction of sp³-hybridized carbons (Fsp3) is 1.00. The maximum absolute atomic E-state index is 8.36. The van der Waals surface area contributed by atoms with E-state index in [4.69, 9.17) is 9.84 Å². The third-order valence-electron chi connectivity index (χ3n) is 1.22. The molecular formula is C6H16N2O2. The van der Waals surface area contributed by atoms with Gasteiger partial charge in [-0.05, 0) is 14.1 Å². The van der Waals surface area contributed by atoms with Crippen LogP contribution in [0.1, 0.15) is 0 Å². The van der Waals surface area contributed by atoms with Crippen molar-refractivity contribution in [3.8, 4) is 0 Å². The largest absolute Gasteiger partial charge is 0.394 e. The zero-order valence-corrected chi connectivity index (χ0v) is 6.55. The monoisotopic (exact) mass is 148 g/mol. The smallest absolute Gasteiger partial charge is 0.0808 e. The van der Waals surface area contributed by atoms with E-state index >= 15 is 0 Å². The van der Waals surface area contributed by atoms with Gasteiger partial charge in [-0.3, -0.25) is 0 Å². The standard InChI is InChI=1S/C6H16N2O2/c1-7-6(8-2)5-10-4-3-9/h6-9H,3-5H2,1-2H3. The Kier molecular flexibility index (Phi) is 6.84. The van der Waals surface area contributed by atoms with Crippen molar-refractivity contribution in [1.82, 2.24) is 10.6 Å². The summed E-state index contributed by atoms with van der Waals surface area (Å²) in [5, 5.41) is 14.3. The molecule has 0 aliphatic rings. The van der Waals surface area contributed by atoms with Gasteiger partial charge in [0, 0.05) is 0 Å². The second-order valence-corrected chi connectivity index (χ2v) is 1.93. The number of hydrogen-bond donors (Lipinski definition) is 3. The Morgan fingerprint density at radius 3 is 2.40 bits per heavy atom. The van der Waals surface area contributed by atoms with Crippen molar-refractivity contribution in [2.75, 3.05) is 33.9 Å². The van der Waals surface area contributed by atoms with Crippen LogP contribution in [0.5, 0.6) is 0 Å². The zero-order valence-electron chi connectivity index (χ0n) is 6.55. The number of aliphatic hydroxyl groups excluding tert-OH is 1. The average Bonchev–Trinajstić information content (AvgIpc) is 1.99. The molecule has 0 unspecified atom stereocenters. The van der Waals surface area contributed by atoms with Crippen LogP contribution in [0.15, 0.2) is 0 Å². The fourth-order valence-corrected chi connectivity index (χ4v) is 0.577. The Labute approximate surface area is 61.6 Å². The van der Waals surface area contributed by atoms with E-state index in [2.05, 4.69) is 10.6 Å². The van der Waals surface area contributed by atoms with Crippen molar-refractivity contribution >= 4 is 0 Å². The maximum Gasteiger partial charge on any atom is 0.0808 e. The summed E-state index contributed by atoms with van der Waals surface area (Å²) in [5.74, 6) is 0. The third-order valence-corrected chi connectivity index (χ3v) is 1.22. The lowest BCUT2D eigenvalue weighted by Gasteiger charge is -2.14. The summed E-state index contributed by atoms with van der Waals surface area (Å²) in [6.45, 7) is 1.06. The maximum atomic E-state index is 8.36. The highest BCUT2D eigenvalue weighted by atomic mass is 16.5. The van der Waals surface area contributed by atoms with Crippen LogP contribution < -0.4 is 10.6 Å². The van der Waals surface area contributed by atoms with Crippen molar-refractivity contribution in [2.45, 2.75) is 6.17 Å². The molecule has 0 amide bonds. The number of hydrogen-bond acceptors (Lipinski definition) is 4. The van der Waals surface area contributed by atoms with E-state index in [1.54, 1.807) is 0 Å². The van der Waals surface area contributed by atoms with Gasteiger partial charge >= 0.3 is 0 Å². The first-order chi connectivity index (χ1) is 4.85. The number of rotatable bonds is 6. The van der Waals surface area contributed by atoms with Crippen molar-refractivity contribution < 1.29 is 9.84 Å². The quantitative estimate of drug-likeness (QED) is 0.326. The molecule has 0 saturated carbocycles. The summed E-state index contributed by atoms with van der Waals surface area (Å²) in [6.07, 6.45) is 0.173. The van der Waals surface area contributed by atoms with Crippen molar-refractivity contribution in [1.29, 1.82) is 0 Å². The first-order valence-corrected chi connectivity index (χ1v) is 3.38. The highest BCUT2D eigenvalue weighted by Gasteiger charge is 1.99. The molecule has 0 aromatic carbocycles. The molecule has 4 nitrogen and oxygen atoms in total. The van der Waals surface area contributed by atoms with Gasteiger partial charge in [0.25, 0.3) is 0 Å². The van der Waals surface area contributed by atoms with Gasteiger partial charge in [0.15, 0.2) is 0 Å². The van der Waals surface area contributed by atoms with Crippen LogP contribution in [0.4, 0.5) is 0 Å². The van der Waals surface area contributed by atoms with Gasteiger partial charge in [0.05, 0.1) is 26.0 Å². The van der Waals surface area contributed by atoms with Crippen LogP contribution in [-0.2, 0) is 4.74 Å². The predicted molar refractivity (Wildman–Crippen MR) is 39.8 cm³/mol. The zero-order chi connectivity index (χ0) is 7.82. The average molecular weight is 148 g/mol. The van der Waals surface area contributed by atoms with E-state index in [1.165, 1.54) is 0 Å². The number of aliphatic hydroxyl groups is 1. The highest BCUT2D eigenvalue weighted by molar-refractivity contribution is 4.55. The van der Waals surface area contributed by atoms with Gasteiger partial charge in [-0.15, -0.1) is 0 Å². The normalized spacial score (nSPS) is 10.8. The second kappa shape index (κ2) is 6.95. The minimum atomic E-state index is 0.0835. The summed E-state index contributed by atoms with van der Waals surface area (Å²) < 4.78 is 5.05. The molecule has 0 atom stereocenters. The minimum absolute atomic E-state index is 0.0835. The molecular weight excluding hydrogens is 132 g/mol. The Morgan fingerprint density at radius 1 is 1.40 bits per heavy atom. The first-order valence-electron chi connectivity index (χ1n) is 3.38. The second-order valence-electron chi connectivity index (χ2n) is 1.93. The van der Waals surface area contributed by atoms with Gasteiger partial charge in [-0.2, -0.15) is 0 Å². The van der Waals surface area contributed by atoms with Gasteiger partial charge in [0.1, 0.15) is 0 Å². The van der Waals surface area contributed by atoms with Gasteiger partial charge in [0.2, 0.25) is 0 Å². The lowest BCUT2D eigenvalue weighted by atomic mass is 10.5. The SMILES string of the molecule is CNC(COCCO)NC. The molecule has 62 valence electrons. The molecule has 0 aromatic heterocycles. The lowest BCUT2D eigenvalue weighted by molar-refractivity contribution is 0.0733. The van der Waals surface area contributed by atoms with E-state index in [0.717, 1.165) is 0 Å². The van der Waals surface area contributed by atoms with Crippen LogP contribution in [0.3, 0.4) is 0 Å². The van der Waals surface area contributed by atoms with Crippen molar-refractivity contribution in [2.24, 2.45) is 0 Å². The summed E-state index contributed by atoms with van der Waals surface area (Å²) in [5.41, 5.74) is 0. The minimum Gasteiger partial charge on any atom is -0.394 e. The molecule has 4 heteroatoms. The molecule has 0 aromatic rings. The van der Waals surface area contributed by atoms with E-state index in [-0.39, 0.29) is 12.8 Å². The molecule has 10 heavy (non-hydrogen) atoms. The molecule has 0 saturated heterocycles. The number of ether oxygens (including phenoxy) is 1. The molecule has 0 bridgehead atoms. The molecule has 3 N–H and O–H groups in total. The summed E-state index contributed by atoms with van der Waals surface area (Å²) >= 11 is 0. The number of likely N-dealkylation sites (N-methyl/N-ethyl adjacent to an activating group) is 2. The number of nitrogens with one attached hydrogen (secondary N) is 2. The van der Waals surface area contributed by atoms with E-state index in [0.29, 0.717) is 13.2 Å². The molecule has 0 aliphatic heterocycles. The van der Waals surface area contributed by atoms with Crippen molar-refractivity contribution in [3.63, 3.8) is 0 Å². The van der Waals surface area contributed by atoms with E-state index < -0.39 is 0 Å². The van der Waals surface area contributed by atoms with Gasteiger partial charge in [-0.25, -0.2) is 0 Å². The van der Waals surface area contributed by atoms with Crippen molar-refractivity contribution in [3.05, 3.63) is 0 Å². The molecule has 0 spiro atoms. The molecule has 0 aliphatic carbocycles. The molecule has 0 heterocycles. The van der Waals surface area contributed by atoms with E-state index in [1.807, 2.05) is 14.1 Å². The van der Waals surface area contributed by atoms with Gasteiger partial charge in [-0.1, -0.05) is 0 Å². The highest BCUT2D eigenvalue weighted by Crippen LogP contribution is 1.78. The Balaban J connectivity index is 3.09. The van der Waals surface area contributed by atoms with Crippen LogP contribution in [0.2, 0.25) is 0 Å². The fourth-order valence-electron chi connectivity index (χ4n) is 0.577. The van der Waals surface area contributed by atoms with Crippen LogP contribution in [0.25, 0.3) is 0 Å². The molecule has 0 radical (unpaired) electrons. The topological polar surface area (TPSA) is 53.5 Å². The summed E-state index contributed by atoms with van der Waals surface area (Å²) in [7, 11) is 3.70. The lowest BCUT2D eigenvalue weighted by Crippen LogP contribution is -2.41. The van der Waals surface area contributed by atoms with Gasteiger partial charge < -0.3 is 20.5 Å². The first kappa shape index (κ1) is 9.84. The molecule has 0 fully saturated rings. The van der Waals surface area contributed by atoms with Crippen LogP contribution in [-0.4, -0.2) is 45.2 Å². The Bertz CT molecular complexity index is 66.8. The van der Waals surface area contributed by atoms with Crippen LogP contribution in [0, 0.1) is 0 Å². The Hall–Kier alpha value is -0.160. The Morgan fingerprint density at radius 2 is 2.00 bits per heavy atom.